The molecule has 4 N–H and O–H groups in total. The van der Waals surface area contributed by atoms with Gasteiger partial charge in [-0.3, -0.25) is 0 Å². The van der Waals surface area contributed by atoms with Gasteiger partial charge in [-0.15, -0.1) is 22.7 Å². The van der Waals surface area contributed by atoms with Crippen LogP contribution in [0.5, 0.6) is 0 Å². The third-order valence-corrected chi connectivity index (χ3v) is 3.44. The van der Waals surface area contributed by atoms with Crippen LogP contribution >= 0.6 is 22.7 Å². The Kier molecular flexibility index (Phi) is 1.12. The second-order valence-electron chi connectivity index (χ2n) is 1.99. The quantitative estimate of drug-likeness (QED) is 0.636. The molecule has 2 rings (SSSR count). The van der Waals surface area contributed by atoms with E-state index in [4.69, 9.17) is 11.5 Å². The highest BCUT2D eigenvalue weighted by molar-refractivity contribution is 7.30. The van der Waals surface area contributed by atoms with Gasteiger partial charge in [0.1, 0.15) is 5.00 Å². The summed E-state index contributed by atoms with van der Waals surface area (Å²) in [5, 5.41) is 2.76. The molecule has 0 saturated heterocycles. The van der Waals surface area contributed by atoms with E-state index in [-0.39, 0.29) is 0 Å². The topological polar surface area (TPSA) is 52.0 Å². The fourth-order valence-electron chi connectivity index (χ4n) is 0.860. The summed E-state index contributed by atoms with van der Waals surface area (Å²) in [5.74, 6) is 0. The predicted octanol–water partition coefficient (Wildman–Crippen LogP) is 2.13. The molecule has 0 fully saturated rings. The van der Waals surface area contributed by atoms with E-state index in [1.165, 1.54) is 4.70 Å². The van der Waals surface area contributed by atoms with Crippen molar-refractivity contribution in [3.63, 3.8) is 0 Å². The Balaban J connectivity index is 2.95. The Hall–Kier alpha value is -0.740. The van der Waals surface area contributed by atoms with Crippen LogP contribution in [0, 0.1) is 0 Å². The van der Waals surface area contributed by atoms with E-state index in [0.29, 0.717) is 0 Å². The molecule has 0 aliphatic carbocycles. The van der Waals surface area contributed by atoms with Crippen LogP contribution in [0.3, 0.4) is 0 Å². The number of thiophene rings is 2. The van der Waals surface area contributed by atoms with Gasteiger partial charge in [-0.1, -0.05) is 0 Å². The minimum Gasteiger partial charge on any atom is -0.395 e. The van der Waals surface area contributed by atoms with Crippen LogP contribution in [0.4, 0.5) is 10.7 Å². The molecule has 0 atom stereocenters. The maximum atomic E-state index is 5.68. The Morgan fingerprint density at radius 2 is 2.10 bits per heavy atom. The summed E-state index contributed by atoms with van der Waals surface area (Å²) >= 11 is 3.19. The van der Waals surface area contributed by atoms with E-state index in [0.717, 1.165) is 15.4 Å². The Morgan fingerprint density at radius 3 is 2.80 bits per heavy atom. The number of hydrogen-bond acceptors (Lipinski definition) is 4. The maximum absolute atomic E-state index is 5.68. The Morgan fingerprint density at radius 1 is 1.30 bits per heavy atom. The second-order valence-corrected chi connectivity index (χ2v) is 3.99. The lowest BCUT2D eigenvalue weighted by molar-refractivity contribution is 1.92. The molecule has 10 heavy (non-hydrogen) atoms. The molecule has 2 aromatic rings. The van der Waals surface area contributed by atoms with Crippen molar-refractivity contribution in [1.29, 1.82) is 0 Å². The zero-order chi connectivity index (χ0) is 7.14. The number of hydrogen-bond donors (Lipinski definition) is 2. The standard InChI is InChI=1S/C6H6N2S2/c7-4-5-3(1-2-9-5)10-6(4)8/h1-2H,7-8H2. The molecule has 0 bridgehead atoms. The molecule has 0 aliphatic heterocycles. The highest BCUT2D eigenvalue weighted by Gasteiger charge is 2.05. The minimum absolute atomic E-state index is 0.738. The van der Waals surface area contributed by atoms with E-state index in [9.17, 15) is 0 Å². The first-order valence-electron chi connectivity index (χ1n) is 2.80. The highest BCUT2D eigenvalue weighted by Crippen LogP contribution is 2.38. The molecule has 0 spiro atoms. The Labute approximate surface area is 66.1 Å². The smallest absolute Gasteiger partial charge is 0.111 e. The summed E-state index contributed by atoms with van der Waals surface area (Å²) in [4.78, 5) is 0. The van der Waals surface area contributed by atoms with Crippen molar-refractivity contribution in [2.75, 3.05) is 11.5 Å². The van der Waals surface area contributed by atoms with E-state index in [1.54, 1.807) is 22.7 Å². The summed E-state index contributed by atoms with van der Waals surface area (Å²) in [6, 6.07) is 2.04. The molecule has 0 amide bonds. The first kappa shape index (κ1) is 6.00. The van der Waals surface area contributed by atoms with E-state index >= 15 is 0 Å². The van der Waals surface area contributed by atoms with Crippen molar-refractivity contribution >= 4 is 42.8 Å². The summed E-state index contributed by atoms with van der Waals surface area (Å²) in [6.07, 6.45) is 0. The van der Waals surface area contributed by atoms with Gasteiger partial charge in [-0.05, 0) is 11.4 Å². The number of nitrogens with two attached hydrogens (primary N) is 2. The van der Waals surface area contributed by atoms with Crippen LogP contribution in [0.25, 0.3) is 9.40 Å². The second kappa shape index (κ2) is 1.87. The molecule has 0 radical (unpaired) electrons. The number of fused-ring (bicyclic) bond motifs is 1. The van der Waals surface area contributed by atoms with E-state index < -0.39 is 0 Å². The first-order chi connectivity index (χ1) is 4.79. The minimum atomic E-state index is 0.738. The summed E-state index contributed by atoms with van der Waals surface area (Å²) in [7, 11) is 0. The molecular formula is C6H6N2S2. The van der Waals surface area contributed by atoms with Gasteiger partial charge in [-0.2, -0.15) is 0 Å². The summed E-state index contributed by atoms with van der Waals surface area (Å²) in [5.41, 5.74) is 12.0. The molecular weight excluding hydrogens is 164 g/mol. The average molecular weight is 170 g/mol. The fourth-order valence-corrected chi connectivity index (χ4v) is 2.83. The predicted molar refractivity (Wildman–Crippen MR) is 48.5 cm³/mol. The lowest BCUT2D eigenvalue weighted by Crippen LogP contribution is -1.87. The van der Waals surface area contributed by atoms with E-state index in [1.807, 2.05) is 11.4 Å². The summed E-state index contributed by atoms with van der Waals surface area (Å²) in [6.45, 7) is 0. The van der Waals surface area contributed by atoms with Crippen molar-refractivity contribution in [1.82, 2.24) is 0 Å². The van der Waals surface area contributed by atoms with Gasteiger partial charge < -0.3 is 11.5 Å². The molecule has 2 aromatic heterocycles. The van der Waals surface area contributed by atoms with Crippen LogP contribution in [0.15, 0.2) is 11.4 Å². The lowest BCUT2D eigenvalue weighted by atomic mass is 10.4. The zero-order valence-electron chi connectivity index (χ0n) is 5.13. The Bertz CT molecular complexity index is 361. The maximum Gasteiger partial charge on any atom is 0.111 e. The molecule has 4 heteroatoms. The number of anilines is 2. The van der Waals surface area contributed by atoms with Gasteiger partial charge in [-0.25, -0.2) is 0 Å². The normalized spacial score (nSPS) is 10.8. The lowest BCUT2D eigenvalue weighted by Gasteiger charge is -1.84. The van der Waals surface area contributed by atoms with Gasteiger partial charge in [0.25, 0.3) is 0 Å². The van der Waals surface area contributed by atoms with Crippen molar-refractivity contribution in [3.8, 4) is 0 Å². The first-order valence-corrected chi connectivity index (χ1v) is 4.49. The van der Waals surface area contributed by atoms with Crippen molar-refractivity contribution in [3.05, 3.63) is 11.4 Å². The van der Waals surface area contributed by atoms with Crippen molar-refractivity contribution < 1.29 is 0 Å². The molecule has 2 nitrogen and oxygen atoms in total. The SMILES string of the molecule is Nc1sc2ccsc2c1N. The van der Waals surface area contributed by atoms with Crippen molar-refractivity contribution in [2.45, 2.75) is 0 Å². The van der Waals surface area contributed by atoms with Crippen LogP contribution in [0.2, 0.25) is 0 Å². The molecule has 0 aromatic carbocycles. The molecule has 0 unspecified atom stereocenters. The molecule has 52 valence electrons. The monoisotopic (exact) mass is 170 g/mol. The largest absolute Gasteiger partial charge is 0.395 e. The molecule has 0 saturated carbocycles. The van der Waals surface area contributed by atoms with Gasteiger partial charge in [0, 0.05) is 4.70 Å². The highest BCUT2D eigenvalue weighted by atomic mass is 32.1. The van der Waals surface area contributed by atoms with Gasteiger partial charge in [0.15, 0.2) is 0 Å². The summed E-state index contributed by atoms with van der Waals surface area (Å²) < 4.78 is 2.32. The fraction of sp³-hybridized carbons (Fsp3) is 0. The van der Waals surface area contributed by atoms with Gasteiger partial charge >= 0.3 is 0 Å². The van der Waals surface area contributed by atoms with Crippen LogP contribution in [-0.2, 0) is 0 Å². The third-order valence-electron chi connectivity index (χ3n) is 1.36. The molecule has 0 aliphatic rings. The van der Waals surface area contributed by atoms with Crippen molar-refractivity contribution in [2.24, 2.45) is 0 Å². The van der Waals surface area contributed by atoms with E-state index in [2.05, 4.69) is 0 Å². The van der Waals surface area contributed by atoms with Gasteiger partial charge in [0.05, 0.1) is 10.4 Å². The average Bonchev–Trinajstić information content (AvgIpc) is 2.41. The number of rotatable bonds is 0. The van der Waals surface area contributed by atoms with Crippen LogP contribution in [0.1, 0.15) is 0 Å². The van der Waals surface area contributed by atoms with Gasteiger partial charge in [0.2, 0.25) is 0 Å². The van der Waals surface area contributed by atoms with Crippen LogP contribution in [-0.4, -0.2) is 0 Å². The van der Waals surface area contributed by atoms with Crippen LogP contribution < -0.4 is 11.5 Å². The zero-order valence-corrected chi connectivity index (χ0v) is 6.76. The number of nitrogen functional groups attached to an aromatic ring is 2. The third kappa shape index (κ3) is 0.629. The molecule has 2 heterocycles.